The summed E-state index contributed by atoms with van der Waals surface area (Å²) in [4.78, 5) is 18.7. The maximum absolute atomic E-state index is 12.4. The standard InChI is InChI=1S/C17H17N3O2S/c1-3-12-7-14-16(23-12)18-9-20(17(14)21)19-8-11-4-5-15(22-11)13-6-10(13)2/h4-5,7-10,13H,3,6H2,1-2H3/b19-8-/t10-,13-/m0/s1. The van der Waals surface area contributed by atoms with E-state index in [9.17, 15) is 4.79 Å². The molecule has 0 unspecified atom stereocenters. The Bertz CT molecular complexity index is 950. The van der Waals surface area contributed by atoms with Crippen LogP contribution in [0, 0.1) is 5.92 Å². The van der Waals surface area contributed by atoms with Crippen molar-refractivity contribution in [2.75, 3.05) is 0 Å². The van der Waals surface area contributed by atoms with Gasteiger partial charge in [-0.1, -0.05) is 13.8 Å². The highest BCUT2D eigenvalue weighted by molar-refractivity contribution is 7.18. The molecule has 1 saturated carbocycles. The highest BCUT2D eigenvalue weighted by Gasteiger charge is 2.36. The minimum absolute atomic E-state index is 0.148. The Hall–Kier alpha value is -2.21. The van der Waals surface area contributed by atoms with Gasteiger partial charge in [0.25, 0.3) is 5.56 Å². The Morgan fingerprint density at radius 3 is 3.09 bits per heavy atom. The smallest absolute Gasteiger partial charge is 0.282 e. The lowest BCUT2D eigenvalue weighted by atomic mass is 10.3. The van der Waals surface area contributed by atoms with E-state index in [-0.39, 0.29) is 5.56 Å². The van der Waals surface area contributed by atoms with Gasteiger partial charge in [0.2, 0.25) is 0 Å². The van der Waals surface area contributed by atoms with E-state index in [4.69, 9.17) is 4.42 Å². The number of aryl methyl sites for hydroxylation is 1. The second-order valence-corrected chi connectivity index (χ2v) is 7.10. The lowest BCUT2D eigenvalue weighted by Gasteiger charge is -1.96. The van der Waals surface area contributed by atoms with Gasteiger partial charge in [0.15, 0.2) is 0 Å². The van der Waals surface area contributed by atoms with Gasteiger partial charge in [-0.05, 0) is 37.0 Å². The Balaban J connectivity index is 1.62. The van der Waals surface area contributed by atoms with Crippen molar-refractivity contribution in [1.82, 2.24) is 9.66 Å². The maximum Gasteiger partial charge on any atom is 0.282 e. The van der Waals surface area contributed by atoms with Gasteiger partial charge in [-0.25, -0.2) is 4.98 Å². The molecule has 6 heteroatoms. The molecule has 0 radical (unpaired) electrons. The zero-order chi connectivity index (χ0) is 16.0. The molecule has 3 heterocycles. The average Bonchev–Trinajstić information content (AvgIpc) is 2.98. The average molecular weight is 327 g/mol. The number of furan rings is 1. The monoisotopic (exact) mass is 327 g/mol. The molecule has 23 heavy (non-hydrogen) atoms. The number of hydrogen-bond donors (Lipinski definition) is 0. The van der Waals surface area contributed by atoms with Crippen LogP contribution in [0.15, 0.2) is 38.8 Å². The highest BCUT2D eigenvalue weighted by Crippen LogP contribution is 2.47. The summed E-state index contributed by atoms with van der Waals surface area (Å²) in [5.41, 5.74) is -0.148. The summed E-state index contributed by atoms with van der Waals surface area (Å²) in [6, 6.07) is 5.79. The van der Waals surface area contributed by atoms with Gasteiger partial charge in [0, 0.05) is 10.8 Å². The molecule has 1 fully saturated rings. The van der Waals surface area contributed by atoms with Crippen LogP contribution in [-0.4, -0.2) is 15.9 Å². The van der Waals surface area contributed by atoms with Crippen LogP contribution in [0.3, 0.4) is 0 Å². The summed E-state index contributed by atoms with van der Waals surface area (Å²) in [6.45, 7) is 4.28. The SMILES string of the molecule is CCc1cc2c(=O)n(/N=C\c3ccc([C@H]4C[C@@H]4C)o3)cnc2s1. The molecular formula is C17H17N3O2S. The third-order valence-electron chi connectivity index (χ3n) is 4.27. The molecular weight excluding hydrogens is 310 g/mol. The first-order valence-electron chi connectivity index (χ1n) is 7.80. The topological polar surface area (TPSA) is 60.4 Å². The normalized spacial score (nSPS) is 20.6. The third kappa shape index (κ3) is 2.63. The molecule has 0 N–H and O–H groups in total. The first-order valence-corrected chi connectivity index (χ1v) is 8.61. The molecule has 0 bridgehead atoms. The Morgan fingerprint density at radius 2 is 2.35 bits per heavy atom. The van der Waals surface area contributed by atoms with Gasteiger partial charge in [0.05, 0.1) is 11.6 Å². The van der Waals surface area contributed by atoms with Gasteiger partial charge in [0.1, 0.15) is 22.7 Å². The number of aromatic nitrogens is 2. The van der Waals surface area contributed by atoms with E-state index in [1.807, 2.05) is 18.2 Å². The second-order valence-electron chi connectivity index (χ2n) is 5.98. The molecule has 4 rings (SSSR count). The third-order valence-corrected chi connectivity index (χ3v) is 5.45. The minimum atomic E-state index is -0.148. The fourth-order valence-corrected chi connectivity index (χ4v) is 3.62. The molecule has 5 nitrogen and oxygen atoms in total. The molecule has 3 aromatic heterocycles. The van der Waals surface area contributed by atoms with Gasteiger partial charge >= 0.3 is 0 Å². The van der Waals surface area contributed by atoms with Crippen molar-refractivity contribution in [3.8, 4) is 0 Å². The number of fused-ring (bicyclic) bond motifs is 1. The van der Waals surface area contributed by atoms with E-state index >= 15 is 0 Å². The molecule has 0 aliphatic heterocycles. The molecule has 0 spiro atoms. The fraction of sp³-hybridized carbons (Fsp3) is 0.353. The van der Waals surface area contributed by atoms with Crippen molar-refractivity contribution in [1.29, 1.82) is 0 Å². The molecule has 0 aromatic carbocycles. The van der Waals surface area contributed by atoms with E-state index in [0.717, 1.165) is 21.9 Å². The summed E-state index contributed by atoms with van der Waals surface area (Å²) in [7, 11) is 0. The summed E-state index contributed by atoms with van der Waals surface area (Å²) in [5.74, 6) is 2.90. The quantitative estimate of drug-likeness (QED) is 0.688. The summed E-state index contributed by atoms with van der Waals surface area (Å²) < 4.78 is 7.03. The second kappa shape index (κ2) is 5.45. The molecule has 2 atom stereocenters. The van der Waals surface area contributed by atoms with E-state index < -0.39 is 0 Å². The van der Waals surface area contributed by atoms with Crippen LogP contribution in [0.1, 0.15) is 42.6 Å². The van der Waals surface area contributed by atoms with Crippen LogP contribution < -0.4 is 5.56 Å². The van der Waals surface area contributed by atoms with Gasteiger partial charge in [-0.3, -0.25) is 4.79 Å². The molecule has 118 valence electrons. The van der Waals surface area contributed by atoms with Crippen LogP contribution in [0.4, 0.5) is 0 Å². The van der Waals surface area contributed by atoms with Gasteiger partial charge in [-0.2, -0.15) is 9.78 Å². The Kier molecular flexibility index (Phi) is 3.41. The van der Waals surface area contributed by atoms with E-state index in [1.54, 1.807) is 17.6 Å². The van der Waals surface area contributed by atoms with Crippen LogP contribution in [-0.2, 0) is 6.42 Å². The molecule has 3 aromatic rings. The molecule has 0 amide bonds. The van der Waals surface area contributed by atoms with Crippen molar-refractivity contribution in [3.05, 3.63) is 51.3 Å². The minimum Gasteiger partial charge on any atom is -0.460 e. The van der Waals surface area contributed by atoms with Crippen LogP contribution in [0.5, 0.6) is 0 Å². The zero-order valence-corrected chi connectivity index (χ0v) is 13.8. The predicted octanol–water partition coefficient (Wildman–Crippen LogP) is 3.62. The largest absolute Gasteiger partial charge is 0.460 e. The van der Waals surface area contributed by atoms with Crippen LogP contribution in [0.25, 0.3) is 10.2 Å². The van der Waals surface area contributed by atoms with Crippen molar-refractivity contribution in [2.45, 2.75) is 32.6 Å². The fourth-order valence-electron chi connectivity index (χ4n) is 2.69. The highest BCUT2D eigenvalue weighted by atomic mass is 32.1. The van der Waals surface area contributed by atoms with E-state index in [1.165, 1.54) is 17.4 Å². The molecule has 1 aliphatic rings. The zero-order valence-electron chi connectivity index (χ0n) is 13.0. The van der Waals surface area contributed by atoms with Crippen molar-refractivity contribution in [2.24, 2.45) is 11.0 Å². The summed E-state index contributed by atoms with van der Waals surface area (Å²) in [5, 5.41) is 4.82. The van der Waals surface area contributed by atoms with E-state index in [0.29, 0.717) is 23.0 Å². The number of hydrogen-bond acceptors (Lipinski definition) is 5. The van der Waals surface area contributed by atoms with Crippen molar-refractivity contribution in [3.63, 3.8) is 0 Å². The number of rotatable bonds is 4. The first-order chi connectivity index (χ1) is 11.2. The summed E-state index contributed by atoms with van der Waals surface area (Å²) >= 11 is 1.55. The number of thiophene rings is 1. The van der Waals surface area contributed by atoms with Crippen molar-refractivity contribution < 1.29 is 4.42 Å². The van der Waals surface area contributed by atoms with Gasteiger partial charge in [-0.15, -0.1) is 11.3 Å². The van der Waals surface area contributed by atoms with E-state index in [2.05, 4.69) is 23.9 Å². The number of nitrogens with zero attached hydrogens (tertiary/aromatic N) is 3. The van der Waals surface area contributed by atoms with Gasteiger partial charge < -0.3 is 4.42 Å². The lowest BCUT2D eigenvalue weighted by molar-refractivity contribution is 0.500. The van der Waals surface area contributed by atoms with Crippen LogP contribution in [0.2, 0.25) is 0 Å². The van der Waals surface area contributed by atoms with Crippen molar-refractivity contribution >= 4 is 27.8 Å². The Morgan fingerprint density at radius 1 is 1.52 bits per heavy atom. The predicted molar refractivity (Wildman–Crippen MR) is 91.5 cm³/mol. The Labute approximate surface area is 137 Å². The first kappa shape index (κ1) is 14.4. The summed E-state index contributed by atoms with van der Waals surface area (Å²) in [6.07, 6.45) is 5.11. The molecule has 0 saturated heterocycles. The maximum atomic E-state index is 12.4. The van der Waals surface area contributed by atoms with Crippen LogP contribution >= 0.6 is 11.3 Å². The lowest BCUT2D eigenvalue weighted by Crippen LogP contribution is -2.16. The molecule has 1 aliphatic carbocycles.